The molecule has 29 heavy (non-hydrogen) atoms. The number of aromatic nitrogens is 1. The number of hydrogen-bond donors (Lipinski definition) is 2. The van der Waals surface area contributed by atoms with Crippen LogP contribution >= 0.6 is 15.9 Å². The molecule has 1 unspecified atom stereocenters. The van der Waals surface area contributed by atoms with E-state index in [1.54, 1.807) is 12.1 Å². The molecule has 0 bridgehead atoms. The van der Waals surface area contributed by atoms with Crippen LogP contribution in [0.2, 0.25) is 0 Å². The van der Waals surface area contributed by atoms with Gasteiger partial charge in [-0.2, -0.15) is 0 Å². The van der Waals surface area contributed by atoms with Crippen LogP contribution in [0.5, 0.6) is 0 Å². The smallest absolute Gasteiger partial charge is 0.175 e. The van der Waals surface area contributed by atoms with E-state index in [0.29, 0.717) is 13.1 Å². The number of hydrogen-bond acceptors (Lipinski definition) is 4. The maximum atomic E-state index is 12.0. The van der Waals surface area contributed by atoms with Crippen LogP contribution in [0.15, 0.2) is 76.1 Å². The van der Waals surface area contributed by atoms with Crippen LogP contribution in [0.4, 0.5) is 5.69 Å². The highest BCUT2D eigenvalue weighted by Gasteiger charge is 2.17. The van der Waals surface area contributed by atoms with Gasteiger partial charge < -0.3 is 15.0 Å². The summed E-state index contributed by atoms with van der Waals surface area (Å²) < 4.78 is 27.0. The van der Waals surface area contributed by atoms with E-state index in [2.05, 4.69) is 21.2 Å². The lowest BCUT2D eigenvalue weighted by Gasteiger charge is -2.15. The van der Waals surface area contributed by atoms with Crippen LogP contribution in [-0.2, 0) is 16.4 Å². The number of rotatable bonds is 6. The Kier molecular flexibility index (Phi) is 5.38. The van der Waals surface area contributed by atoms with Crippen molar-refractivity contribution in [3.63, 3.8) is 0 Å². The Balaban J connectivity index is 1.72. The van der Waals surface area contributed by atoms with E-state index in [9.17, 15) is 13.5 Å². The van der Waals surface area contributed by atoms with Gasteiger partial charge in [0.2, 0.25) is 0 Å². The fraction of sp³-hybridized carbons (Fsp3) is 0.182. The Morgan fingerprint density at radius 1 is 1.00 bits per heavy atom. The molecule has 0 saturated heterocycles. The quantitative estimate of drug-likeness (QED) is 0.435. The van der Waals surface area contributed by atoms with Crippen molar-refractivity contribution in [2.24, 2.45) is 0 Å². The summed E-state index contributed by atoms with van der Waals surface area (Å²) in [7, 11) is -3.31. The summed E-state index contributed by atoms with van der Waals surface area (Å²) >= 11 is 3.50. The molecule has 0 aliphatic carbocycles. The molecule has 4 aromatic rings. The van der Waals surface area contributed by atoms with E-state index in [0.717, 1.165) is 32.0 Å². The molecule has 0 radical (unpaired) electrons. The molecule has 7 heteroatoms. The van der Waals surface area contributed by atoms with Crippen molar-refractivity contribution < 1.29 is 13.5 Å². The minimum atomic E-state index is -3.31. The first-order valence-electron chi connectivity index (χ1n) is 9.21. The number of sulfone groups is 1. The predicted molar refractivity (Wildman–Crippen MR) is 121 cm³/mol. The molecule has 1 aromatic heterocycles. The zero-order chi connectivity index (χ0) is 20.6. The van der Waals surface area contributed by atoms with Crippen LogP contribution in [0, 0.1) is 0 Å². The molecular weight excluding hydrogens is 452 g/mol. The van der Waals surface area contributed by atoms with Crippen LogP contribution in [-0.4, -0.2) is 37.0 Å². The van der Waals surface area contributed by atoms with E-state index in [1.165, 1.54) is 6.26 Å². The van der Waals surface area contributed by atoms with Crippen LogP contribution in [0.3, 0.4) is 0 Å². The maximum Gasteiger partial charge on any atom is 0.175 e. The van der Waals surface area contributed by atoms with Gasteiger partial charge in [-0.3, -0.25) is 0 Å². The second-order valence-electron chi connectivity index (χ2n) is 7.12. The summed E-state index contributed by atoms with van der Waals surface area (Å²) in [6.45, 7) is 0.794. The fourth-order valence-electron chi connectivity index (χ4n) is 3.55. The molecule has 4 rings (SSSR count). The van der Waals surface area contributed by atoms with Crippen molar-refractivity contribution in [3.05, 3.63) is 71.2 Å². The number of nitrogens with one attached hydrogen (secondary N) is 1. The van der Waals surface area contributed by atoms with Gasteiger partial charge in [-0.1, -0.05) is 34.1 Å². The number of para-hydroxylation sites is 1. The molecule has 1 heterocycles. The van der Waals surface area contributed by atoms with Crippen molar-refractivity contribution in [2.75, 3.05) is 18.1 Å². The number of benzene rings is 3. The third kappa shape index (κ3) is 4.17. The lowest BCUT2D eigenvalue weighted by molar-refractivity contribution is 0.169. The summed E-state index contributed by atoms with van der Waals surface area (Å²) in [5, 5.41) is 15.7. The first kappa shape index (κ1) is 19.9. The molecule has 0 fully saturated rings. The summed E-state index contributed by atoms with van der Waals surface area (Å²) in [6, 6.07) is 20.8. The normalized spacial score (nSPS) is 13.1. The highest BCUT2D eigenvalue weighted by molar-refractivity contribution is 9.10. The van der Waals surface area contributed by atoms with Crippen molar-refractivity contribution in [3.8, 4) is 0 Å². The zero-order valence-corrected chi connectivity index (χ0v) is 18.2. The third-order valence-electron chi connectivity index (χ3n) is 4.94. The first-order valence-corrected chi connectivity index (χ1v) is 11.9. The summed E-state index contributed by atoms with van der Waals surface area (Å²) in [5.41, 5.74) is 2.80. The van der Waals surface area contributed by atoms with E-state index in [1.807, 2.05) is 59.2 Å². The van der Waals surface area contributed by atoms with Gasteiger partial charge in [-0.25, -0.2) is 8.42 Å². The summed E-state index contributed by atoms with van der Waals surface area (Å²) in [5.74, 6) is 0. The van der Waals surface area contributed by atoms with Gasteiger partial charge in [-0.05, 0) is 48.5 Å². The fourth-order valence-corrected chi connectivity index (χ4v) is 4.56. The molecule has 5 nitrogen and oxygen atoms in total. The Morgan fingerprint density at radius 2 is 1.66 bits per heavy atom. The van der Waals surface area contributed by atoms with Crippen molar-refractivity contribution >= 4 is 53.3 Å². The zero-order valence-electron chi connectivity index (χ0n) is 15.8. The number of halogens is 1. The van der Waals surface area contributed by atoms with Gasteiger partial charge in [0.15, 0.2) is 9.84 Å². The first-order chi connectivity index (χ1) is 13.8. The Labute approximate surface area is 178 Å². The summed E-state index contributed by atoms with van der Waals surface area (Å²) in [6.07, 6.45) is 0.592. The molecule has 1 atom stereocenters. The average Bonchev–Trinajstić information content (AvgIpc) is 2.99. The minimum Gasteiger partial charge on any atom is -0.389 e. The summed E-state index contributed by atoms with van der Waals surface area (Å²) in [4.78, 5) is 0.287. The number of aliphatic hydroxyl groups is 1. The van der Waals surface area contributed by atoms with Crippen molar-refractivity contribution in [1.82, 2.24) is 4.57 Å². The van der Waals surface area contributed by atoms with Crippen LogP contribution in [0.25, 0.3) is 21.8 Å². The minimum absolute atomic E-state index is 0.287. The van der Waals surface area contributed by atoms with E-state index in [-0.39, 0.29) is 4.90 Å². The Hall–Kier alpha value is -2.35. The number of fused-ring (bicyclic) bond motifs is 3. The molecule has 2 N–H and O–H groups in total. The van der Waals surface area contributed by atoms with Gasteiger partial charge in [0.1, 0.15) is 0 Å². The lowest BCUT2D eigenvalue weighted by atomic mass is 10.1. The van der Waals surface area contributed by atoms with E-state index in [4.69, 9.17) is 0 Å². The van der Waals surface area contributed by atoms with Crippen LogP contribution in [0.1, 0.15) is 0 Å². The van der Waals surface area contributed by atoms with E-state index < -0.39 is 15.9 Å². The topological polar surface area (TPSA) is 71.3 Å². The van der Waals surface area contributed by atoms with Crippen molar-refractivity contribution in [2.45, 2.75) is 17.5 Å². The molecule has 3 aromatic carbocycles. The van der Waals surface area contributed by atoms with Gasteiger partial charge in [-0.15, -0.1) is 0 Å². The van der Waals surface area contributed by atoms with Gasteiger partial charge >= 0.3 is 0 Å². The predicted octanol–water partition coefficient (Wildman–Crippen LogP) is 4.43. The molecule has 0 spiro atoms. The van der Waals surface area contributed by atoms with Gasteiger partial charge in [0.05, 0.1) is 17.5 Å². The van der Waals surface area contributed by atoms with Gasteiger partial charge in [0, 0.05) is 44.8 Å². The maximum absolute atomic E-state index is 12.0. The molecule has 150 valence electrons. The lowest BCUT2D eigenvalue weighted by Crippen LogP contribution is -2.24. The van der Waals surface area contributed by atoms with Crippen LogP contribution < -0.4 is 5.32 Å². The Morgan fingerprint density at radius 3 is 2.34 bits per heavy atom. The monoisotopic (exact) mass is 472 g/mol. The number of nitrogens with zero attached hydrogens (tertiary/aromatic N) is 1. The molecule has 0 aliphatic rings. The SMILES string of the molecule is CS(=O)(=O)c1ccc2c(c1)c1cc(Br)ccc1n2CC(O)CNc1ccccc1. The molecule has 0 amide bonds. The third-order valence-corrected chi connectivity index (χ3v) is 6.54. The standard InChI is InChI=1S/C22H21BrN2O3S/c1-29(27,28)18-8-10-22-20(12-18)19-11-15(23)7-9-21(19)25(22)14-17(26)13-24-16-5-3-2-4-6-16/h2-12,17,24,26H,13-14H2,1H3. The highest BCUT2D eigenvalue weighted by Crippen LogP contribution is 2.33. The average molecular weight is 473 g/mol. The largest absolute Gasteiger partial charge is 0.389 e. The molecule has 0 aliphatic heterocycles. The van der Waals surface area contributed by atoms with E-state index >= 15 is 0 Å². The molecular formula is C22H21BrN2O3S. The Bertz CT molecular complexity index is 1280. The number of anilines is 1. The number of aliphatic hydroxyl groups excluding tert-OH is 1. The van der Waals surface area contributed by atoms with Crippen molar-refractivity contribution in [1.29, 1.82) is 0 Å². The second kappa shape index (κ2) is 7.82. The second-order valence-corrected chi connectivity index (χ2v) is 10.1. The highest BCUT2D eigenvalue weighted by atomic mass is 79.9. The van der Waals surface area contributed by atoms with Gasteiger partial charge in [0.25, 0.3) is 0 Å². The molecule has 0 saturated carbocycles.